The van der Waals surface area contributed by atoms with E-state index in [1.807, 2.05) is 26.0 Å². The fourth-order valence-electron chi connectivity index (χ4n) is 1.98. The van der Waals surface area contributed by atoms with E-state index in [4.69, 9.17) is 9.47 Å². The lowest BCUT2D eigenvalue weighted by atomic mass is 10.1. The highest BCUT2D eigenvalue weighted by Gasteiger charge is 2.11. The molecule has 0 spiro atoms. The van der Waals surface area contributed by atoms with E-state index in [-0.39, 0.29) is 12.4 Å². The third kappa shape index (κ3) is 5.17. The van der Waals surface area contributed by atoms with Gasteiger partial charge in [0.05, 0.1) is 7.11 Å². The van der Waals surface area contributed by atoms with Gasteiger partial charge < -0.3 is 9.47 Å². The van der Waals surface area contributed by atoms with Gasteiger partial charge in [0.2, 0.25) is 10.0 Å². The summed E-state index contributed by atoms with van der Waals surface area (Å²) in [5.41, 5.74) is 2.73. The molecule has 6 heteroatoms. The first kappa shape index (κ1) is 17.1. The summed E-state index contributed by atoms with van der Waals surface area (Å²) in [5, 5.41) is 0. The lowest BCUT2D eigenvalue weighted by Gasteiger charge is -2.11. The minimum absolute atomic E-state index is 0.0759. The fourth-order valence-corrected chi connectivity index (χ4v) is 2.87. The van der Waals surface area contributed by atoms with Crippen LogP contribution in [0.4, 0.5) is 5.69 Å². The van der Waals surface area contributed by atoms with Gasteiger partial charge in [0.25, 0.3) is 0 Å². The van der Waals surface area contributed by atoms with Crippen molar-refractivity contribution in [3.05, 3.63) is 53.6 Å². The quantitative estimate of drug-likeness (QED) is 0.844. The molecule has 2 aromatic carbocycles. The Morgan fingerprint density at radius 1 is 0.957 bits per heavy atom. The van der Waals surface area contributed by atoms with E-state index in [2.05, 4.69) is 4.72 Å². The molecule has 0 bridgehead atoms. The number of anilines is 1. The molecule has 0 saturated carbocycles. The largest absolute Gasteiger partial charge is 0.497 e. The highest BCUT2D eigenvalue weighted by Crippen LogP contribution is 2.18. The normalized spacial score (nSPS) is 11.1. The Bertz CT molecular complexity index is 755. The molecule has 0 saturated heterocycles. The Labute approximate surface area is 137 Å². The Hall–Kier alpha value is -2.21. The van der Waals surface area contributed by atoms with Gasteiger partial charge in [-0.05, 0) is 61.4 Å². The lowest BCUT2D eigenvalue weighted by Crippen LogP contribution is -2.21. The third-order valence-electron chi connectivity index (χ3n) is 3.46. The summed E-state index contributed by atoms with van der Waals surface area (Å²) in [6, 6.07) is 12.5. The molecule has 0 aliphatic carbocycles. The van der Waals surface area contributed by atoms with Crippen LogP contribution < -0.4 is 14.2 Å². The molecule has 0 unspecified atom stereocenters. The van der Waals surface area contributed by atoms with Crippen LogP contribution in [-0.4, -0.2) is 27.9 Å². The molecule has 0 aliphatic rings. The number of benzene rings is 2. The Balaban J connectivity index is 1.89. The van der Waals surface area contributed by atoms with Gasteiger partial charge >= 0.3 is 0 Å². The van der Waals surface area contributed by atoms with Crippen LogP contribution in [0.25, 0.3) is 0 Å². The van der Waals surface area contributed by atoms with Crippen molar-refractivity contribution in [2.45, 2.75) is 13.8 Å². The monoisotopic (exact) mass is 335 g/mol. The second-order valence-corrected chi connectivity index (χ2v) is 7.09. The zero-order valence-corrected chi connectivity index (χ0v) is 14.3. The number of sulfonamides is 1. The van der Waals surface area contributed by atoms with Crippen molar-refractivity contribution in [1.29, 1.82) is 0 Å². The minimum Gasteiger partial charge on any atom is -0.497 e. The summed E-state index contributed by atoms with van der Waals surface area (Å²) in [6.45, 7) is 4.00. The predicted octanol–water partition coefficient (Wildman–Crippen LogP) is 3.13. The second-order valence-electron chi connectivity index (χ2n) is 5.24. The lowest BCUT2D eigenvalue weighted by molar-refractivity contribution is 0.340. The van der Waals surface area contributed by atoms with E-state index < -0.39 is 10.0 Å². The predicted molar refractivity (Wildman–Crippen MR) is 91.8 cm³/mol. The summed E-state index contributed by atoms with van der Waals surface area (Å²) >= 11 is 0. The molecular formula is C17H21NO4S. The summed E-state index contributed by atoms with van der Waals surface area (Å²) in [6.07, 6.45) is 0. The SMILES string of the molecule is COc1ccc(OCCS(=O)(=O)Nc2ccc(C)c(C)c2)cc1. The van der Waals surface area contributed by atoms with Crippen LogP contribution in [-0.2, 0) is 10.0 Å². The zero-order valence-electron chi connectivity index (χ0n) is 13.5. The van der Waals surface area contributed by atoms with Crippen molar-refractivity contribution >= 4 is 15.7 Å². The highest BCUT2D eigenvalue weighted by atomic mass is 32.2. The molecule has 0 amide bonds. The molecule has 2 rings (SSSR count). The first-order valence-corrected chi connectivity index (χ1v) is 8.89. The van der Waals surface area contributed by atoms with Gasteiger partial charge in [0.15, 0.2) is 0 Å². The van der Waals surface area contributed by atoms with Gasteiger partial charge in [-0.2, -0.15) is 0 Å². The van der Waals surface area contributed by atoms with E-state index in [1.54, 1.807) is 37.4 Å². The molecule has 1 N–H and O–H groups in total. The Kier molecular flexibility index (Phi) is 5.50. The van der Waals surface area contributed by atoms with E-state index in [0.29, 0.717) is 11.4 Å². The Morgan fingerprint density at radius 3 is 2.22 bits per heavy atom. The average Bonchev–Trinajstić information content (AvgIpc) is 2.51. The van der Waals surface area contributed by atoms with Crippen molar-refractivity contribution in [1.82, 2.24) is 0 Å². The van der Waals surface area contributed by atoms with Crippen LogP contribution in [0.3, 0.4) is 0 Å². The molecule has 0 atom stereocenters. The van der Waals surface area contributed by atoms with Crippen molar-refractivity contribution < 1.29 is 17.9 Å². The molecule has 23 heavy (non-hydrogen) atoms. The van der Waals surface area contributed by atoms with Crippen molar-refractivity contribution in [2.24, 2.45) is 0 Å². The van der Waals surface area contributed by atoms with Crippen LogP contribution in [0.2, 0.25) is 0 Å². The molecule has 0 aromatic heterocycles. The van der Waals surface area contributed by atoms with Crippen LogP contribution in [0.15, 0.2) is 42.5 Å². The van der Waals surface area contributed by atoms with Gasteiger partial charge in [0.1, 0.15) is 23.9 Å². The van der Waals surface area contributed by atoms with Gasteiger partial charge in [-0.15, -0.1) is 0 Å². The van der Waals surface area contributed by atoms with Crippen LogP contribution in [0.1, 0.15) is 11.1 Å². The highest BCUT2D eigenvalue weighted by molar-refractivity contribution is 7.92. The molecule has 2 aromatic rings. The summed E-state index contributed by atoms with van der Waals surface area (Å²) in [5.74, 6) is 1.21. The average molecular weight is 335 g/mol. The van der Waals surface area contributed by atoms with E-state index >= 15 is 0 Å². The smallest absolute Gasteiger partial charge is 0.236 e. The molecule has 124 valence electrons. The van der Waals surface area contributed by atoms with Crippen LogP contribution in [0.5, 0.6) is 11.5 Å². The number of ether oxygens (including phenoxy) is 2. The van der Waals surface area contributed by atoms with E-state index in [9.17, 15) is 8.42 Å². The van der Waals surface area contributed by atoms with Crippen LogP contribution >= 0.6 is 0 Å². The van der Waals surface area contributed by atoms with E-state index in [1.165, 1.54) is 0 Å². The van der Waals surface area contributed by atoms with Gasteiger partial charge in [-0.25, -0.2) is 8.42 Å². The second kappa shape index (κ2) is 7.37. The maximum atomic E-state index is 12.1. The fraction of sp³-hybridized carbons (Fsp3) is 0.294. The molecule has 0 fully saturated rings. The number of hydrogen-bond acceptors (Lipinski definition) is 4. The van der Waals surface area contributed by atoms with Crippen molar-refractivity contribution in [2.75, 3.05) is 24.2 Å². The van der Waals surface area contributed by atoms with Gasteiger partial charge in [0, 0.05) is 5.69 Å². The van der Waals surface area contributed by atoms with Crippen LogP contribution in [0, 0.1) is 13.8 Å². The van der Waals surface area contributed by atoms with Crippen molar-refractivity contribution in [3.63, 3.8) is 0 Å². The van der Waals surface area contributed by atoms with Gasteiger partial charge in [-0.3, -0.25) is 4.72 Å². The summed E-state index contributed by atoms with van der Waals surface area (Å²) in [7, 11) is -1.86. The standard InChI is InChI=1S/C17H21NO4S/c1-13-4-5-15(12-14(13)2)18-23(19,20)11-10-22-17-8-6-16(21-3)7-9-17/h4-9,12,18H,10-11H2,1-3H3. The topological polar surface area (TPSA) is 64.6 Å². The molecule has 0 heterocycles. The summed E-state index contributed by atoms with van der Waals surface area (Å²) in [4.78, 5) is 0. The first-order chi connectivity index (χ1) is 10.9. The number of hydrogen-bond donors (Lipinski definition) is 1. The molecule has 0 aliphatic heterocycles. The zero-order chi connectivity index (χ0) is 16.9. The molecule has 5 nitrogen and oxygen atoms in total. The Morgan fingerprint density at radius 2 is 1.61 bits per heavy atom. The number of rotatable bonds is 7. The maximum absolute atomic E-state index is 12.1. The number of methoxy groups -OCH3 is 1. The minimum atomic E-state index is -3.45. The molecular weight excluding hydrogens is 314 g/mol. The maximum Gasteiger partial charge on any atom is 0.236 e. The number of nitrogens with one attached hydrogen (secondary N) is 1. The third-order valence-corrected chi connectivity index (χ3v) is 4.71. The summed E-state index contributed by atoms with van der Waals surface area (Å²) < 4.78 is 37.2. The van der Waals surface area contributed by atoms with Gasteiger partial charge in [-0.1, -0.05) is 6.07 Å². The molecule has 0 radical (unpaired) electrons. The first-order valence-electron chi connectivity index (χ1n) is 7.24. The van der Waals surface area contributed by atoms with E-state index in [0.717, 1.165) is 16.9 Å². The van der Waals surface area contributed by atoms with Crippen molar-refractivity contribution in [3.8, 4) is 11.5 Å². The number of aryl methyl sites for hydroxylation is 2.